The molecule has 3 heteroatoms. The fraction of sp³-hybridized carbons (Fsp3) is 1.00. The van der Waals surface area contributed by atoms with Crippen LogP contribution in [0.3, 0.4) is 0 Å². The van der Waals surface area contributed by atoms with Crippen molar-refractivity contribution in [3.8, 4) is 0 Å². The summed E-state index contributed by atoms with van der Waals surface area (Å²) in [5.41, 5.74) is 0.306. The van der Waals surface area contributed by atoms with Gasteiger partial charge in [-0.3, -0.25) is 0 Å². The molecule has 0 aromatic heterocycles. The second-order valence-electron chi connectivity index (χ2n) is 6.43. The van der Waals surface area contributed by atoms with Crippen LogP contribution in [0.4, 0.5) is 0 Å². The van der Waals surface area contributed by atoms with Crippen molar-refractivity contribution < 1.29 is 9.84 Å². The van der Waals surface area contributed by atoms with Crippen LogP contribution >= 0.6 is 0 Å². The Morgan fingerprint density at radius 1 is 1.47 bits per heavy atom. The van der Waals surface area contributed by atoms with Gasteiger partial charge in [-0.15, -0.1) is 0 Å². The van der Waals surface area contributed by atoms with Gasteiger partial charge in [0.2, 0.25) is 0 Å². The fourth-order valence-electron chi connectivity index (χ4n) is 3.13. The molecular weight excluding hydrogens is 214 g/mol. The van der Waals surface area contributed by atoms with Crippen LogP contribution in [-0.4, -0.2) is 49.5 Å². The maximum absolute atomic E-state index is 9.85. The van der Waals surface area contributed by atoms with Gasteiger partial charge in [-0.05, 0) is 37.6 Å². The van der Waals surface area contributed by atoms with Crippen LogP contribution < -0.4 is 0 Å². The summed E-state index contributed by atoms with van der Waals surface area (Å²) in [5.74, 6) is 0.542. The van der Waals surface area contributed by atoms with Crippen LogP contribution in [0.5, 0.6) is 0 Å². The zero-order chi connectivity index (χ0) is 13.1. The molecule has 0 aliphatic heterocycles. The van der Waals surface area contributed by atoms with Crippen molar-refractivity contribution >= 4 is 0 Å². The summed E-state index contributed by atoms with van der Waals surface area (Å²) in [6.45, 7) is 8.70. The van der Waals surface area contributed by atoms with Crippen LogP contribution in [0.15, 0.2) is 0 Å². The fourth-order valence-corrected chi connectivity index (χ4v) is 3.13. The first-order chi connectivity index (χ1) is 7.86. The molecule has 3 atom stereocenters. The Kier molecular flexibility index (Phi) is 5.42. The summed E-state index contributed by atoms with van der Waals surface area (Å²) in [5, 5.41) is 9.85. The van der Waals surface area contributed by atoms with E-state index in [0.717, 1.165) is 32.4 Å². The molecule has 1 saturated carbocycles. The van der Waals surface area contributed by atoms with Crippen molar-refractivity contribution in [1.29, 1.82) is 0 Å². The largest absolute Gasteiger partial charge is 0.393 e. The molecule has 0 saturated heterocycles. The molecule has 0 amide bonds. The number of methoxy groups -OCH3 is 1. The molecular formula is C14H29NO2. The lowest BCUT2D eigenvalue weighted by Crippen LogP contribution is -2.49. The molecule has 1 fully saturated rings. The monoisotopic (exact) mass is 243 g/mol. The van der Waals surface area contributed by atoms with Crippen LogP contribution in [0.2, 0.25) is 0 Å². The highest BCUT2D eigenvalue weighted by Gasteiger charge is 2.38. The lowest BCUT2D eigenvalue weighted by Gasteiger charge is -2.46. The number of aliphatic hydroxyl groups excluding tert-OH is 1. The van der Waals surface area contributed by atoms with Gasteiger partial charge in [0.25, 0.3) is 0 Å². The van der Waals surface area contributed by atoms with Crippen molar-refractivity contribution in [2.75, 3.05) is 27.3 Å². The molecule has 3 nitrogen and oxygen atoms in total. The summed E-state index contributed by atoms with van der Waals surface area (Å²) >= 11 is 0. The molecule has 102 valence electrons. The molecule has 0 bridgehead atoms. The van der Waals surface area contributed by atoms with Gasteiger partial charge in [-0.25, -0.2) is 0 Å². The Morgan fingerprint density at radius 3 is 2.71 bits per heavy atom. The minimum atomic E-state index is -0.117. The quantitative estimate of drug-likeness (QED) is 0.803. The standard InChI is InChI=1S/C14H29NO2/c1-11(10-17-5)9-15(4)13-8-12(16)6-7-14(13,2)3/h11-13,16H,6-10H2,1-5H3. The molecule has 3 unspecified atom stereocenters. The van der Waals surface area contributed by atoms with Crippen LogP contribution in [0.25, 0.3) is 0 Å². The number of aliphatic hydroxyl groups is 1. The molecule has 1 aliphatic carbocycles. The van der Waals surface area contributed by atoms with Gasteiger partial charge in [-0.2, -0.15) is 0 Å². The average Bonchev–Trinajstić information content (AvgIpc) is 2.22. The Labute approximate surface area is 106 Å². The van der Waals surface area contributed by atoms with E-state index in [1.54, 1.807) is 7.11 Å². The molecule has 1 rings (SSSR count). The van der Waals surface area contributed by atoms with E-state index in [4.69, 9.17) is 4.74 Å². The van der Waals surface area contributed by atoms with E-state index >= 15 is 0 Å². The van der Waals surface area contributed by atoms with Crippen molar-refractivity contribution in [2.24, 2.45) is 11.3 Å². The van der Waals surface area contributed by atoms with Gasteiger partial charge >= 0.3 is 0 Å². The van der Waals surface area contributed by atoms with E-state index in [-0.39, 0.29) is 6.10 Å². The number of hydrogen-bond donors (Lipinski definition) is 1. The van der Waals surface area contributed by atoms with Gasteiger partial charge in [0.1, 0.15) is 0 Å². The van der Waals surface area contributed by atoms with E-state index in [1.807, 2.05) is 0 Å². The Bertz CT molecular complexity index is 230. The number of nitrogens with zero attached hydrogens (tertiary/aromatic N) is 1. The molecule has 0 spiro atoms. The lowest BCUT2D eigenvalue weighted by molar-refractivity contribution is -0.00944. The summed E-state index contributed by atoms with van der Waals surface area (Å²) < 4.78 is 5.19. The average molecular weight is 243 g/mol. The van der Waals surface area contributed by atoms with Crippen LogP contribution in [0.1, 0.15) is 40.0 Å². The van der Waals surface area contributed by atoms with Crippen molar-refractivity contribution in [3.05, 3.63) is 0 Å². The smallest absolute Gasteiger partial charge is 0.0555 e. The third-order valence-electron chi connectivity index (χ3n) is 4.10. The lowest BCUT2D eigenvalue weighted by atomic mass is 9.71. The highest BCUT2D eigenvalue weighted by molar-refractivity contribution is 4.92. The first kappa shape index (κ1) is 14.9. The minimum absolute atomic E-state index is 0.117. The summed E-state index contributed by atoms with van der Waals surface area (Å²) in [4.78, 5) is 2.41. The normalized spacial score (nSPS) is 30.5. The highest BCUT2D eigenvalue weighted by atomic mass is 16.5. The second-order valence-corrected chi connectivity index (χ2v) is 6.43. The van der Waals surface area contributed by atoms with E-state index in [1.165, 1.54) is 0 Å². The third kappa shape index (κ3) is 4.23. The van der Waals surface area contributed by atoms with E-state index < -0.39 is 0 Å². The van der Waals surface area contributed by atoms with Gasteiger partial charge in [0, 0.05) is 26.3 Å². The van der Waals surface area contributed by atoms with Gasteiger partial charge < -0.3 is 14.7 Å². The summed E-state index contributed by atoms with van der Waals surface area (Å²) in [6.07, 6.45) is 2.85. The zero-order valence-electron chi connectivity index (χ0n) is 12.1. The topological polar surface area (TPSA) is 32.7 Å². The SMILES string of the molecule is COCC(C)CN(C)C1CC(O)CCC1(C)C. The van der Waals surface area contributed by atoms with Gasteiger partial charge in [-0.1, -0.05) is 20.8 Å². The molecule has 17 heavy (non-hydrogen) atoms. The third-order valence-corrected chi connectivity index (χ3v) is 4.10. The maximum Gasteiger partial charge on any atom is 0.0555 e. The first-order valence-corrected chi connectivity index (χ1v) is 6.74. The number of hydrogen-bond acceptors (Lipinski definition) is 3. The minimum Gasteiger partial charge on any atom is -0.393 e. The van der Waals surface area contributed by atoms with Crippen molar-refractivity contribution in [3.63, 3.8) is 0 Å². The van der Waals surface area contributed by atoms with E-state index in [0.29, 0.717) is 17.4 Å². The second kappa shape index (κ2) is 6.17. The Hall–Kier alpha value is -0.120. The predicted molar refractivity (Wildman–Crippen MR) is 71.1 cm³/mol. The zero-order valence-corrected chi connectivity index (χ0v) is 12.1. The Balaban J connectivity index is 2.55. The predicted octanol–water partition coefficient (Wildman–Crippen LogP) is 2.14. The van der Waals surface area contributed by atoms with Crippen LogP contribution in [-0.2, 0) is 4.74 Å². The molecule has 0 heterocycles. The van der Waals surface area contributed by atoms with Crippen molar-refractivity contribution in [2.45, 2.75) is 52.2 Å². The summed E-state index contributed by atoms with van der Waals surface area (Å²) in [7, 11) is 3.93. The molecule has 0 aromatic carbocycles. The molecule has 1 aliphatic rings. The van der Waals surface area contributed by atoms with Gasteiger partial charge in [0.05, 0.1) is 6.10 Å². The van der Waals surface area contributed by atoms with Crippen molar-refractivity contribution in [1.82, 2.24) is 4.90 Å². The van der Waals surface area contributed by atoms with Gasteiger partial charge in [0.15, 0.2) is 0 Å². The maximum atomic E-state index is 9.85. The van der Waals surface area contributed by atoms with Crippen LogP contribution in [0, 0.1) is 11.3 Å². The van der Waals surface area contributed by atoms with E-state index in [2.05, 4.69) is 32.7 Å². The highest BCUT2D eigenvalue weighted by Crippen LogP contribution is 2.38. The molecule has 1 N–H and O–H groups in total. The molecule has 0 radical (unpaired) electrons. The Morgan fingerprint density at radius 2 is 2.12 bits per heavy atom. The first-order valence-electron chi connectivity index (χ1n) is 6.74. The molecule has 0 aromatic rings. The number of rotatable bonds is 5. The van der Waals surface area contributed by atoms with E-state index in [9.17, 15) is 5.11 Å². The summed E-state index contributed by atoms with van der Waals surface area (Å²) in [6, 6.07) is 0.477. The number of ether oxygens (including phenoxy) is 1.